The maximum atomic E-state index is 12.2. The maximum absolute atomic E-state index is 12.2. The molecule has 1 amide bonds. The van der Waals surface area contributed by atoms with E-state index in [-0.39, 0.29) is 24.2 Å². The highest BCUT2D eigenvalue weighted by Crippen LogP contribution is 2.18. The van der Waals surface area contributed by atoms with Gasteiger partial charge in [-0.1, -0.05) is 38.5 Å². The second kappa shape index (κ2) is 12.1. The fourth-order valence-corrected chi connectivity index (χ4v) is 2.71. The molecule has 1 aromatic carbocycles. The zero-order chi connectivity index (χ0) is 18.1. The standard InChI is InChI=1S/C19H31N3O3.ClH/c1-3-15(2)18(20)19(23)21-14-16-6-4-5-7-17(16)25-13-10-22-8-11-24-12-9-22;/h4-7,15,18H,3,8-14,20H2,1-2H3,(H,21,23);1H. The normalized spacial score (nSPS) is 17.0. The number of benzene rings is 1. The lowest BCUT2D eigenvalue weighted by atomic mass is 9.99. The van der Waals surface area contributed by atoms with Gasteiger partial charge in [0.25, 0.3) is 0 Å². The first-order valence-electron chi connectivity index (χ1n) is 9.16. The van der Waals surface area contributed by atoms with Crippen molar-refractivity contribution < 1.29 is 14.3 Å². The number of hydrogen-bond donors (Lipinski definition) is 2. The highest BCUT2D eigenvalue weighted by molar-refractivity contribution is 5.85. The summed E-state index contributed by atoms with van der Waals surface area (Å²) in [6.07, 6.45) is 0.885. The van der Waals surface area contributed by atoms with E-state index < -0.39 is 6.04 Å². The number of ether oxygens (including phenoxy) is 2. The molecule has 2 rings (SSSR count). The molecule has 148 valence electrons. The number of morpholine rings is 1. The molecule has 1 fully saturated rings. The van der Waals surface area contributed by atoms with E-state index in [1.54, 1.807) is 0 Å². The van der Waals surface area contributed by atoms with Crippen molar-refractivity contribution in [2.24, 2.45) is 11.7 Å². The molecule has 0 spiro atoms. The van der Waals surface area contributed by atoms with Gasteiger partial charge in [0.1, 0.15) is 12.4 Å². The quantitative estimate of drug-likeness (QED) is 0.678. The Balaban J connectivity index is 0.00000338. The van der Waals surface area contributed by atoms with Crippen LogP contribution in [0.5, 0.6) is 5.75 Å². The minimum atomic E-state index is -0.473. The van der Waals surface area contributed by atoms with Gasteiger partial charge in [0.05, 0.1) is 19.3 Å². The van der Waals surface area contributed by atoms with Gasteiger partial charge in [-0.05, 0) is 12.0 Å². The number of hydrogen-bond acceptors (Lipinski definition) is 5. The Kier molecular flexibility index (Phi) is 10.6. The number of nitrogens with zero attached hydrogens (tertiary/aromatic N) is 1. The number of nitrogens with two attached hydrogens (primary N) is 1. The van der Waals surface area contributed by atoms with Crippen LogP contribution in [-0.2, 0) is 16.1 Å². The van der Waals surface area contributed by atoms with Gasteiger partial charge in [-0.2, -0.15) is 0 Å². The van der Waals surface area contributed by atoms with E-state index in [1.165, 1.54) is 0 Å². The molecule has 3 N–H and O–H groups in total. The van der Waals surface area contributed by atoms with Crippen LogP contribution >= 0.6 is 12.4 Å². The predicted molar refractivity (Wildman–Crippen MR) is 106 cm³/mol. The summed E-state index contributed by atoms with van der Waals surface area (Å²) in [5.41, 5.74) is 6.94. The molecule has 0 radical (unpaired) electrons. The Morgan fingerprint density at radius 2 is 2.04 bits per heavy atom. The van der Waals surface area contributed by atoms with Crippen molar-refractivity contribution in [2.45, 2.75) is 32.9 Å². The van der Waals surface area contributed by atoms with Crippen LogP contribution in [0.4, 0.5) is 0 Å². The van der Waals surface area contributed by atoms with Crippen molar-refractivity contribution in [1.82, 2.24) is 10.2 Å². The fourth-order valence-electron chi connectivity index (χ4n) is 2.71. The van der Waals surface area contributed by atoms with Crippen LogP contribution in [-0.4, -0.2) is 56.3 Å². The van der Waals surface area contributed by atoms with Gasteiger partial charge in [0, 0.05) is 31.7 Å². The third kappa shape index (κ3) is 7.11. The number of halogens is 1. The molecule has 0 aliphatic carbocycles. The molecular formula is C19H32ClN3O3. The summed E-state index contributed by atoms with van der Waals surface area (Å²) >= 11 is 0. The van der Waals surface area contributed by atoms with E-state index >= 15 is 0 Å². The Bertz CT molecular complexity index is 539. The molecule has 26 heavy (non-hydrogen) atoms. The van der Waals surface area contributed by atoms with E-state index in [1.807, 2.05) is 38.1 Å². The van der Waals surface area contributed by atoms with E-state index in [9.17, 15) is 4.79 Å². The number of para-hydroxylation sites is 1. The molecule has 2 atom stereocenters. The predicted octanol–water partition coefficient (Wildman–Crippen LogP) is 1.81. The van der Waals surface area contributed by atoms with Crippen molar-refractivity contribution in [3.8, 4) is 5.75 Å². The summed E-state index contributed by atoms with van der Waals surface area (Å²) in [6, 6.07) is 7.33. The summed E-state index contributed by atoms with van der Waals surface area (Å²) in [6.45, 7) is 9.45. The lowest BCUT2D eigenvalue weighted by Crippen LogP contribution is -2.44. The van der Waals surface area contributed by atoms with Crippen LogP contribution in [0, 0.1) is 5.92 Å². The molecule has 0 aromatic heterocycles. The number of nitrogens with one attached hydrogen (secondary N) is 1. The molecule has 2 unspecified atom stereocenters. The van der Waals surface area contributed by atoms with Gasteiger partial charge in [-0.25, -0.2) is 0 Å². The molecule has 1 heterocycles. The second-order valence-corrected chi connectivity index (χ2v) is 6.54. The summed E-state index contributed by atoms with van der Waals surface area (Å²) in [4.78, 5) is 14.5. The average Bonchev–Trinajstić information content (AvgIpc) is 2.66. The maximum Gasteiger partial charge on any atom is 0.237 e. The summed E-state index contributed by atoms with van der Waals surface area (Å²) in [5, 5.41) is 2.92. The SMILES string of the molecule is CCC(C)C(N)C(=O)NCc1ccccc1OCCN1CCOCC1.Cl. The van der Waals surface area contributed by atoms with Crippen LogP contribution in [0.1, 0.15) is 25.8 Å². The van der Waals surface area contributed by atoms with Crippen LogP contribution in [0.25, 0.3) is 0 Å². The number of rotatable bonds is 9. The molecule has 0 bridgehead atoms. The summed E-state index contributed by atoms with van der Waals surface area (Å²) in [5.74, 6) is 0.866. The lowest BCUT2D eigenvalue weighted by Gasteiger charge is -2.26. The molecule has 1 saturated heterocycles. The van der Waals surface area contributed by atoms with Crippen molar-refractivity contribution in [1.29, 1.82) is 0 Å². The molecule has 0 saturated carbocycles. The Morgan fingerprint density at radius 3 is 2.73 bits per heavy atom. The minimum Gasteiger partial charge on any atom is -0.492 e. The van der Waals surface area contributed by atoms with Gasteiger partial charge < -0.3 is 20.5 Å². The third-order valence-electron chi connectivity index (χ3n) is 4.75. The second-order valence-electron chi connectivity index (χ2n) is 6.54. The highest BCUT2D eigenvalue weighted by atomic mass is 35.5. The number of carbonyl (C=O) groups is 1. The van der Waals surface area contributed by atoms with Crippen molar-refractivity contribution in [3.63, 3.8) is 0 Å². The molecule has 1 aliphatic heterocycles. The first-order valence-corrected chi connectivity index (χ1v) is 9.16. The van der Waals surface area contributed by atoms with Crippen LogP contribution < -0.4 is 15.8 Å². The fraction of sp³-hybridized carbons (Fsp3) is 0.632. The molecule has 1 aliphatic rings. The molecule has 7 heteroatoms. The Labute approximate surface area is 162 Å². The van der Waals surface area contributed by atoms with Crippen LogP contribution in [0.3, 0.4) is 0 Å². The average molecular weight is 386 g/mol. The van der Waals surface area contributed by atoms with Crippen LogP contribution in [0.15, 0.2) is 24.3 Å². The topological polar surface area (TPSA) is 76.8 Å². The smallest absolute Gasteiger partial charge is 0.237 e. The van der Waals surface area contributed by atoms with E-state index in [0.29, 0.717) is 13.2 Å². The molecule has 6 nitrogen and oxygen atoms in total. The summed E-state index contributed by atoms with van der Waals surface area (Å²) in [7, 11) is 0. The number of carbonyl (C=O) groups excluding carboxylic acids is 1. The number of amides is 1. The monoisotopic (exact) mass is 385 g/mol. The molecule has 1 aromatic rings. The molecular weight excluding hydrogens is 354 g/mol. The van der Waals surface area contributed by atoms with E-state index in [2.05, 4.69) is 10.2 Å². The first-order chi connectivity index (χ1) is 12.1. The Morgan fingerprint density at radius 1 is 1.35 bits per heavy atom. The lowest BCUT2D eigenvalue weighted by molar-refractivity contribution is -0.123. The van der Waals surface area contributed by atoms with E-state index in [4.69, 9.17) is 15.2 Å². The Hall–Kier alpha value is -1.34. The van der Waals surface area contributed by atoms with Gasteiger partial charge in [0.15, 0.2) is 0 Å². The van der Waals surface area contributed by atoms with Gasteiger partial charge in [-0.15, -0.1) is 12.4 Å². The van der Waals surface area contributed by atoms with Crippen LogP contribution in [0.2, 0.25) is 0 Å². The van der Waals surface area contributed by atoms with Gasteiger partial charge in [-0.3, -0.25) is 9.69 Å². The zero-order valence-electron chi connectivity index (χ0n) is 15.8. The largest absolute Gasteiger partial charge is 0.492 e. The van der Waals surface area contributed by atoms with Gasteiger partial charge in [0.2, 0.25) is 5.91 Å². The summed E-state index contributed by atoms with van der Waals surface area (Å²) < 4.78 is 11.3. The minimum absolute atomic E-state index is 0. The van der Waals surface area contributed by atoms with Crippen molar-refractivity contribution in [2.75, 3.05) is 39.5 Å². The first kappa shape index (κ1) is 22.7. The van der Waals surface area contributed by atoms with E-state index in [0.717, 1.165) is 50.6 Å². The van der Waals surface area contributed by atoms with Gasteiger partial charge >= 0.3 is 0 Å². The third-order valence-corrected chi connectivity index (χ3v) is 4.75. The van der Waals surface area contributed by atoms with Crippen molar-refractivity contribution in [3.05, 3.63) is 29.8 Å². The zero-order valence-corrected chi connectivity index (χ0v) is 16.6. The highest BCUT2D eigenvalue weighted by Gasteiger charge is 2.19. The van der Waals surface area contributed by atoms with Crippen molar-refractivity contribution >= 4 is 18.3 Å².